The topological polar surface area (TPSA) is 65.4 Å². The van der Waals surface area contributed by atoms with E-state index in [0.29, 0.717) is 17.2 Å². The Bertz CT molecular complexity index is 862. The molecule has 1 N–H and O–H groups in total. The van der Waals surface area contributed by atoms with Gasteiger partial charge in [-0.1, -0.05) is 6.07 Å². The van der Waals surface area contributed by atoms with Gasteiger partial charge >= 0.3 is 0 Å². The summed E-state index contributed by atoms with van der Waals surface area (Å²) in [7, 11) is 1.56. The summed E-state index contributed by atoms with van der Waals surface area (Å²) in [5.74, 6) is 0.493. The minimum atomic E-state index is -0.339. The summed E-state index contributed by atoms with van der Waals surface area (Å²) in [6.45, 7) is 0.109. The van der Waals surface area contributed by atoms with Crippen LogP contribution in [-0.4, -0.2) is 22.8 Å². The summed E-state index contributed by atoms with van der Waals surface area (Å²) in [6.07, 6.45) is 1.63. The van der Waals surface area contributed by atoms with Crippen LogP contribution < -0.4 is 14.8 Å². The number of ether oxygens (including phenoxy) is 2. The number of methoxy groups -OCH3 is 1. The first-order chi connectivity index (χ1) is 12.1. The number of benzene rings is 2. The second-order valence-electron chi connectivity index (χ2n) is 5.15. The average Bonchev–Trinajstić information content (AvgIpc) is 3.10. The summed E-state index contributed by atoms with van der Waals surface area (Å²) >= 11 is 0. The average molecular weight is 341 g/mol. The molecule has 0 bridgehead atoms. The molecule has 3 aromatic rings. The highest BCUT2D eigenvalue weighted by Crippen LogP contribution is 2.17. The molecule has 1 amide bonds. The Morgan fingerprint density at radius 3 is 2.72 bits per heavy atom. The molecular formula is C18H16FN3O3. The van der Waals surface area contributed by atoms with Gasteiger partial charge in [-0.2, -0.15) is 5.10 Å². The number of halogens is 1. The second kappa shape index (κ2) is 7.48. The smallest absolute Gasteiger partial charge is 0.276 e. The van der Waals surface area contributed by atoms with Crippen molar-refractivity contribution in [2.45, 2.75) is 6.73 Å². The van der Waals surface area contributed by atoms with Crippen molar-refractivity contribution in [3.8, 4) is 11.5 Å². The van der Waals surface area contributed by atoms with Gasteiger partial charge in [-0.15, -0.1) is 0 Å². The van der Waals surface area contributed by atoms with Gasteiger partial charge in [-0.25, -0.2) is 9.07 Å². The van der Waals surface area contributed by atoms with Crippen molar-refractivity contribution in [3.05, 3.63) is 72.3 Å². The lowest BCUT2D eigenvalue weighted by atomic mass is 10.3. The highest BCUT2D eigenvalue weighted by Gasteiger charge is 2.10. The number of carbonyl (C=O) groups is 1. The first-order valence-electron chi connectivity index (χ1n) is 7.51. The highest BCUT2D eigenvalue weighted by atomic mass is 19.1. The number of nitrogens with zero attached hydrogens (tertiary/aromatic N) is 2. The van der Waals surface area contributed by atoms with Crippen molar-refractivity contribution >= 4 is 11.6 Å². The molecule has 6 nitrogen and oxygen atoms in total. The van der Waals surface area contributed by atoms with Crippen LogP contribution in [0, 0.1) is 5.82 Å². The van der Waals surface area contributed by atoms with Crippen LogP contribution >= 0.6 is 0 Å². The molecule has 25 heavy (non-hydrogen) atoms. The molecule has 1 heterocycles. The van der Waals surface area contributed by atoms with Crippen molar-refractivity contribution in [1.29, 1.82) is 0 Å². The maximum atomic E-state index is 12.8. The van der Waals surface area contributed by atoms with E-state index in [0.717, 1.165) is 0 Å². The van der Waals surface area contributed by atoms with E-state index in [1.165, 1.54) is 28.9 Å². The number of nitrogens with one attached hydrogen (secondary N) is 1. The molecule has 0 spiro atoms. The summed E-state index contributed by atoms with van der Waals surface area (Å²) in [4.78, 5) is 12.2. The standard InChI is InChI=1S/C18H16FN3O3/c1-24-16-4-2-3-14(11-16)20-18(23)17-9-10-22(21-17)12-25-15-7-5-13(19)6-8-15/h2-11H,12H2,1H3,(H,20,23). The zero-order valence-corrected chi connectivity index (χ0v) is 13.5. The van der Waals surface area contributed by atoms with Crippen molar-refractivity contribution in [2.75, 3.05) is 12.4 Å². The van der Waals surface area contributed by atoms with Gasteiger partial charge in [0.05, 0.1) is 7.11 Å². The zero-order chi connectivity index (χ0) is 17.6. The van der Waals surface area contributed by atoms with Gasteiger partial charge in [-0.05, 0) is 42.5 Å². The van der Waals surface area contributed by atoms with Crippen LogP contribution in [0.4, 0.5) is 10.1 Å². The molecule has 3 rings (SSSR count). The Kier molecular flexibility index (Phi) is 4.94. The lowest BCUT2D eigenvalue weighted by Gasteiger charge is -2.06. The molecule has 0 unspecified atom stereocenters. The maximum Gasteiger partial charge on any atom is 0.276 e. The van der Waals surface area contributed by atoms with Crippen LogP contribution in [-0.2, 0) is 6.73 Å². The quantitative estimate of drug-likeness (QED) is 0.747. The molecule has 0 saturated carbocycles. The van der Waals surface area contributed by atoms with Crippen LogP contribution in [0.1, 0.15) is 10.5 Å². The lowest BCUT2D eigenvalue weighted by Crippen LogP contribution is -2.14. The second-order valence-corrected chi connectivity index (χ2v) is 5.15. The van der Waals surface area contributed by atoms with E-state index in [2.05, 4.69) is 10.4 Å². The Hall–Kier alpha value is -3.35. The molecule has 2 aromatic carbocycles. The minimum absolute atomic E-state index is 0.109. The van der Waals surface area contributed by atoms with E-state index in [9.17, 15) is 9.18 Å². The predicted molar refractivity (Wildman–Crippen MR) is 90.2 cm³/mol. The van der Waals surface area contributed by atoms with Gasteiger partial charge in [0, 0.05) is 18.0 Å². The van der Waals surface area contributed by atoms with Crippen LogP contribution in [0.2, 0.25) is 0 Å². The van der Waals surface area contributed by atoms with Gasteiger partial charge < -0.3 is 14.8 Å². The minimum Gasteiger partial charge on any atom is -0.497 e. The van der Waals surface area contributed by atoms with Crippen molar-refractivity contribution in [2.24, 2.45) is 0 Å². The fraction of sp³-hybridized carbons (Fsp3) is 0.111. The number of rotatable bonds is 6. The van der Waals surface area contributed by atoms with E-state index in [-0.39, 0.29) is 24.1 Å². The first-order valence-corrected chi connectivity index (χ1v) is 7.51. The summed E-state index contributed by atoms with van der Waals surface area (Å²) in [6, 6.07) is 14.3. The lowest BCUT2D eigenvalue weighted by molar-refractivity contribution is 0.102. The Morgan fingerprint density at radius 1 is 1.16 bits per heavy atom. The van der Waals surface area contributed by atoms with Gasteiger partial charge in [0.2, 0.25) is 0 Å². The van der Waals surface area contributed by atoms with Gasteiger partial charge in [0.1, 0.15) is 17.3 Å². The number of hydrogen-bond donors (Lipinski definition) is 1. The van der Waals surface area contributed by atoms with Crippen molar-refractivity contribution in [1.82, 2.24) is 9.78 Å². The molecule has 128 valence electrons. The van der Waals surface area contributed by atoms with E-state index in [1.807, 2.05) is 0 Å². The summed E-state index contributed by atoms with van der Waals surface area (Å²) < 4.78 is 24.9. The van der Waals surface area contributed by atoms with Crippen LogP contribution in [0.25, 0.3) is 0 Å². The Morgan fingerprint density at radius 2 is 1.96 bits per heavy atom. The molecule has 0 radical (unpaired) electrons. The molecule has 0 aliphatic carbocycles. The molecule has 0 atom stereocenters. The Labute approximate surface area is 143 Å². The van der Waals surface area contributed by atoms with Gasteiger partial charge in [0.25, 0.3) is 5.91 Å². The molecule has 7 heteroatoms. The summed E-state index contributed by atoms with van der Waals surface area (Å²) in [5, 5.41) is 6.90. The maximum absolute atomic E-state index is 12.8. The molecular weight excluding hydrogens is 325 g/mol. The number of anilines is 1. The zero-order valence-electron chi connectivity index (χ0n) is 13.5. The number of carbonyl (C=O) groups excluding carboxylic acids is 1. The molecule has 1 aromatic heterocycles. The fourth-order valence-corrected chi connectivity index (χ4v) is 2.12. The van der Waals surface area contributed by atoms with Crippen LogP contribution in [0.15, 0.2) is 60.8 Å². The summed E-state index contributed by atoms with van der Waals surface area (Å²) in [5.41, 5.74) is 0.868. The third kappa shape index (κ3) is 4.35. The molecule has 0 aliphatic heterocycles. The molecule has 0 saturated heterocycles. The first kappa shape index (κ1) is 16.5. The van der Waals surface area contributed by atoms with Crippen molar-refractivity contribution < 1.29 is 18.7 Å². The normalized spacial score (nSPS) is 10.3. The largest absolute Gasteiger partial charge is 0.497 e. The Balaban J connectivity index is 1.60. The van der Waals surface area contributed by atoms with Crippen molar-refractivity contribution in [3.63, 3.8) is 0 Å². The molecule has 0 aliphatic rings. The van der Waals surface area contributed by atoms with E-state index in [1.54, 1.807) is 43.6 Å². The third-order valence-corrected chi connectivity index (χ3v) is 3.38. The van der Waals surface area contributed by atoms with E-state index in [4.69, 9.17) is 9.47 Å². The van der Waals surface area contributed by atoms with E-state index < -0.39 is 0 Å². The van der Waals surface area contributed by atoms with Gasteiger partial charge in [0.15, 0.2) is 12.4 Å². The fourth-order valence-electron chi connectivity index (χ4n) is 2.12. The number of hydrogen-bond acceptors (Lipinski definition) is 4. The number of aromatic nitrogens is 2. The van der Waals surface area contributed by atoms with Crippen LogP contribution in [0.5, 0.6) is 11.5 Å². The predicted octanol–water partition coefficient (Wildman–Crippen LogP) is 3.32. The van der Waals surface area contributed by atoms with E-state index >= 15 is 0 Å². The molecule has 0 fully saturated rings. The number of amides is 1. The highest BCUT2D eigenvalue weighted by molar-refractivity contribution is 6.02. The third-order valence-electron chi connectivity index (χ3n) is 3.38. The van der Waals surface area contributed by atoms with Crippen LogP contribution in [0.3, 0.4) is 0 Å². The van der Waals surface area contributed by atoms with Gasteiger partial charge in [-0.3, -0.25) is 4.79 Å². The monoisotopic (exact) mass is 341 g/mol. The SMILES string of the molecule is COc1cccc(NC(=O)c2ccn(COc3ccc(F)cc3)n2)c1.